The first-order chi connectivity index (χ1) is 19.6. The number of aromatic nitrogens is 1. The Hall–Kier alpha value is -4.23. The van der Waals surface area contributed by atoms with E-state index in [0.717, 1.165) is 18.2 Å². The number of nitrogens with zero attached hydrogens (tertiary/aromatic N) is 3. The molecule has 1 fully saturated rings. The zero-order valence-corrected chi connectivity index (χ0v) is 21.6. The maximum atomic E-state index is 15.8. The van der Waals surface area contributed by atoms with E-state index in [-0.39, 0.29) is 47.0 Å². The van der Waals surface area contributed by atoms with Crippen LogP contribution in [0.2, 0.25) is 0 Å². The number of rotatable bonds is 1. The molecule has 1 saturated heterocycles. The number of hydrogen-bond acceptors (Lipinski definition) is 6. The SMILES string of the molecule is O=C1c2c(O)c(=O)ccn2N([C@@H]2c3ccccc3-c3sc(C(F)(F)F)cc3-c3c2ccc(F)c3F)[C@@H]2COCCN12. The fourth-order valence-electron chi connectivity index (χ4n) is 5.91. The number of pyridine rings is 1. The summed E-state index contributed by atoms with van der Waals surface area (Å²) in [6, 6.07) is 9.65. The van der Waals surface area contributed by atoms with Crippen molar-refractivity contribution in [3.8, 4) is 27.3 Å². The summed E-state index contributed by atoms with van der Waals surface area (Å²) in [5.41, 5.74) is -0.639. The summed E-state index contributed by atoms with van der Waals surface area (Å²) >= 11 is 0.428. The van der Waals surface area contributed by atoms with Gasteiger partial charge in [-0.1, -0.05) is 30.3 Å². The number of hydrogen-bond donors (Lipinski definition) is 1. The van der Waals surface area contributed by atoms with E-state index in [0.29, 0.717) is 22.5 Å². The Bertz CT molecular complexity index is 1820. The van der Waals surface area contributed by atoms with Crippen LogP contribution in [0.4, 0.5) is 22.0 Å². The first-order valence-electron chi connectivity index (χ1n) is 12.5. The van der Waals surface area contributed by atoms with Gasteiger partial charge in [-0.25, -0.2) is 8.78 Å². The van der Waals surface area contributed by atoms with Crippen LogP contribution in [0.15, 0.2) is 59.5 Å². The van der Waals surface area contributed by atoms with Gasteiger partial charge in [-0.3, -0.25) is 19.3 Å². The first-order valence-corrected chi connectivity index (χ1v) is 13.3. The molecule has 2 atom stereocenters. The third kappa shape index (κ3) is 3.65. The number of ether oxygens (including phenoxy) is 1. The summed E-state index contributed by atoms with van der Waals surface area (Å²) in [4.78, 5) is 26.4. The van der Waals surface area contributed by atoms with Crippen LogP contribution in [-0.2, 0) is 10.9 Å². The highest BCUT2D eigenvalue weighted by Gasteiger charge is 2.47. The molecule has 0 saturated carbocycles. The fraction of sp³-hybridized carbons (Fsp3) is 0.214. The Morgan fingerprint density at radius 3 is 2.56 bits per heavy atom. The Labute approximate surface area is 232 Å². The van der Waals surface area contributed by atoms with E-state index in [1.54, 1.807) is 29.3 Å². The number of morpholine rings is 1. The van der Waals surface area contributed by atoms with Crippen LogP contribution in [0.3, 0.4) is 0 Å². The summed E-state index contributed by atoms with van der Waals surface area (Å²) in [5.74, 6) is -3.96. The van der Waals surface area contributed by atoms with Gasteiger partial charge >= 0.3 is 6.18 Å². The number of benzene rings is 2. The van der Waals surface area contributed by atoms with Crippen LogP contribution in [-0.4, -0.2) is 46.5 Å². The Morgan fingerprint density at radius 2 is 1.78 bits per heavy atom. The Kier molecular flexibility index (Phi) is 5.57. The van der Waals surface area contributed by atoms with Gasteiger partial charge in [-0.2, -0.15) is 13.2 Å². The lowest BCUT2D eigenvalue weighted by Crippen LogP contribution is -2.66. The van der Waals surface area contributed by atoms with Gasteiger partial charge in [0.25, 0.3) is 5.91 Å². The molecule has 0 bridgehead atoms. The van der Waals surface area contributed by atoms with Crippen LogP contribution >= 0.6 is 11.3 Å². The highest BCUT2D eigenvalue weighted by Crippen LogP contribution is 2.53. The van der Waals surface area contributed by atoms with E-state index in [4.69, 9.17) is 4.74 Å². The maximum absolute atomic E-state index is 15.8. The average molecular weight is 588 g/mol. The van der Waals surface area contributed by atoms with E-state index >= 15 is 4.39 Å². The van der Waals surface area contributed by atoms with Gasteiger partial charge < -0.3 is 14.7 Å². The molecule has 2 aromatic carbocycles. The molecule has 210 valence electrons. The molecule has 41 heavy (non-hydrogen) atoms. The molecule has 1 amide bonds. The number of fused-ring (bicyclic) bond motifs is 7. The van der Waals surface area contributed by atoms with Crippen molar-refractivity contribution in [3.05, 3.63) is 98.3 Å². The van der Waals surface area contributed by atoms with Crippen molar-refractivity contribution in [3.63, 3.8) is 0 Å². The van der Waals surface area contributed by atoms with E-state index in [9.17, 15) is 32.3 Å². The lowest BCUT2D eigenvalue weighted by atomic mass is 9.91. The first kappa shape index (κ1) is 25.7. The molecular weight excluding hydrogens is 569 g/mol. The average Bonchev–Trinajstić information content (AvgIpc) is 3.36. The van der Waals surface area contributed by atoms with Gasteiger partial charge in [0.05, 0.1) is 19.3 Å². The summed E-state index contributed by atoms with van der Waals surface area (Å²) in [5, 5.41) is 12.3. The van der Waals surface area contributed by atoms with Crippen molar-refractivity contribution in [2.75, 3.05) is 24.8 Å². The zero-order chi connectivity index (χ0) is 28.8. The van der Waals surface area contributed by atoms with Gasteiger partial charge in [0.1, 0.15) is 11.0 Å². The van der Waals surface area contributed by atoms with Crippen molar-refractivity contribution in [1.29, 1.82) is 0 Å². The number of carbonyl (C=O) groups is 1. The smallest absolute Gasteiger partial charge is 0.425 e. The molecule has 4 heterocycles. The van der Waals surface area contributed by atoms with Gasteiger partial charge in [-0.15, -0.1) is 11.3 Å². The molecule has 0 unspecified atom stereocenters. The number of alkyl halides is 3. The van der Waals surface area contributed by atoms with Crippen molar-refractivity contribution in [2.45, 2.75) is 18.4 Å². The molecule has 3 aliphatic rings. The van der Waals surface area contributed by atoms with Gasteiger partial charge in [-0.05, 0) is 28.8 Å². The number of carbonyl (C=O) groups excluding carboxylic acids is 1. The maximum Gasteiger partial charge on any atom is 0.425 e. The largest absolute Gasteiger partial charge is 0.502 e. The number of aromatic hydroxyl groups is 1. The molecule has 4 aromatic rings. The van der Waals surface area contributed by atoms with Crippen LogP contribution in [0.25, 0.3) is 21.6 Å². The van der Waals surface area contributed by atoms with Crippen LogP contribution in [0, 0.1) is 11.6 Å². The van der Waals surface area contributed by atoms with Crippen molar-refractivity contribution < 1.29 is 36.6 Å². The standard InChI is InChI=1S/C28H18F5N3O4S/c29-17-6-5-15-21(22(17)30)16-11-19(28(31,32)33)41-26(16)14-4-2-1-3-13(14)23(15)36-20-12-40-10-9-34(20)27(39)24-25(38)18(37)7-8-35(24)36/h1-8,11,20,23,38H,9-10,12H2/t20-,23-/m1/s1. The number of amides is 1. The van der Waals surface area contributed by atoms with Gasteiger partial charge in [0.2, 0.25) is 5.43 Å². The topological polar surface area (TPSA) is 75.0 Å². The summed E-state index contributed by atoms with van der Waals surface area (Å²) in [7, 11) is 0. The van der Waals surface area contributed by atoms with E-state index < -0.39 is 52.0 Å². The van der Waals surface area contributed by atoms with Crippen LogP contribution in [0.5, 0.6) is 5.75 Å². The molecule has 0 spiro atoms. The lowest BCUT2D eigenvalue weighted by Gasteiger charge is -2.51. The number of halogens is 5. The minimum atomic E-state index is -4.72. The molecule has 1 N–H and O–H groups in total. The quantitative estimate of drug-likeness (QED) is 0.314. The molecule has 7 rings (SSSR count). The van der Waals surface area contributed by atoms with E-state index in [2.05, 4.69) is 0 Å². The summed E-state index contributed by atoms with van der Waals surface area (Å²) < 4.78 is 79.1. The second-order valence-corrected chi connectivity index (χ2v) is 10.9. The third-order valence-electron chi connectivity index (χ3n) is 7.64. The summed E-state index contributed by atoms with van der Waals surface area (Å²) in [6.45, 7) is 0.294. The molecule has 7 nitrogen and oxygen atoms in total. The van der Waals surface area contributed by atoms with Gasteiger partial charge in [0.15, 0.2) is 23.1 Å². The van der Waals surface area contributed by atoms with E-state index in [1.165, 1.54) is 21.8 Å². The predicted octanol–water partition coefficient (Wildman–Crippen LogP) is 5.10. The van der Waals surface area contributed by atoms with Crippen LogP contribution in [0.1, 0.15) is 32.5 Å². The van der Waals surface area contributed by atoms with Crippen molar-refractivity contribution >= 4 is 17.2 Å². The fourth-order valence-corrected chi connectivity index (χ4v) is 6.99. The molecular formula is C28H18F5N3O4S. The van der Waals surface area contributed by atoms with Crippen molar-refractivity contribution in [1.82, 2.24) is 9.58 Å². The minimum absolute atomic E-state index is 0.00420. The third-order valence-corrected chi connectivity index (χ3v) is 8.85. The molecule has 2 aromatic heterocycles. The second-order valence-electron chi connectivity index (χ2n) is 9.82. The van der Waals surface area contributed by atoms with E-state index in [1.807, 2.05) is 0 Å². The van der Waals surface area contributed by atoms with Gasteiger partial charge in [0, 0.05) is 34.8 Å². The second kappa shape index (κ2) is 8.88. The normalized spacial score (nSPS) is 19.6. The Balaban J connectivity index is 1.59. The highest BCUT2D eigenvalue weighted by atomic mass is 32.1. The molecule has 2 aliphatic heterocycles. The highest BCUT2D eigenvalue weighted by molar-refractivity contribution is 7.16. The Morgan fingerprint density at radius 1 is 1.00 bits per heavy atom. The molecule has 0 radical (unpaired) electrons. The van der Waals surface area contributed by atoms with Crippen molar-refractivity contribution in [2.24, 2.45) is 0 Å². The number of thiophene rings is 1. The molecule has 13 heteroatoms. The lowest BCUT2D eigenvalue weighted by molar-refractivity contribution is -0.134. The monoisotopic (exact) mass is 587 g/mol. The zero-order valence-electron chi connectivity index (χ0n) is 20.8. The van der Waals surface area contributed by atoms with Crippen LogP contribution < -0.4 is 10.4 Å². The summed E-state index contributed by atoms with van der Waals surface area (Å²) in [6.07, 6.45) is -4.25. The minimum Gasteiger partial charge on any atom is -0.502 e. The molecule has 1 aliphatic carbocycles. The predicted molar refractivity (Wildman–Crippen MR) is 138 cm³/mol.